The maximum atomic E-state index is 4.94. The van der Waals surface area contributed by atoms with Crippen LogP contribution < -0.4 is 0 Å². The van der Waals surface area contributed by atoms with Crippen LogP contribution in [0.1, 0.15) is 38.5 Å². The van der Waals surface area contributed by atoms with Crippen molar-refractivity contribution in [2.75, 3.05) is 37.9 Å². The third kappa shape index (κ3) is 9.21. The van der Waals surface area contributed by atoms with Gasteiger partial charge in [0.25, 0.3) is 0 Å². The van der Waals surface area contributed by atoms with Crippen LogP contribution in [0, 0.1) is 0 Å². The van der Waals surface area contributed by atoms with Crippen molar-refractivity contribution in [3.63, 3.8) is 0 Å². The van der Waals surface area contributed by atoms with Crippen LogP contribution in [0.2, 0.25) is 0 Å². The fraction of sp³-hybridized carbons (Fsp3) is 1.00. The fourth-order valence-corrected chi connectivity index (χ4v) is 2.55. The van der Waals surface area contributed by atoms with Crippen molar-refractivity contribution in [3.8, 4) is 0 Å². The van der Waals surface area contributed by atoms with Gasteiger partial charge in [0.1, 0.15) is 0 Å². The molecular weight excluding hydrogens is 208 g/mol. The molecule has 3 fully saturated rings. The monoisotopic (exact) mass is 232 g/mol. The second-order valence-electron chi connectivity index (χ2n) is 3.96. The molecule has 3 aliphatic heterocycles. The number of ether oxygens (including phenoxy) is 2. The van der Waals surface area contributed by atoms with Gasteiger partial charge in [0.15, 0.2) is 0 Å². The molecule has 15 heavy (non-hydrogen) atoms. The Hall–Kier alpha value is 0.270. The number of hydrogen-bond donors (Lipinski definition) is 0. The summed E-state index contributed by atoms with van der Waals surface area (Å²) in [7, 11) is 0. The normalized spacial score (nSPS) is 24.0. The first-order chi connectivity index (χ1) is 7.50. The molecule has 0 unspecified atom stereocenters. The molecule has 0 atom stereocenters. The second kappa shape index (κ2) is 10.8. The van der Waals surface area contributed by atoms with Gasteiger partial charge < -0.3 is 9.47 Å². The first-order valence-corrected chi connectivity index (χ1v) is 7.39. The highest BCUT2D eigenvalue weighted by Gasteiger charge is 1.96. The Morgan fingerprint density at radius 3 is 1.07 bits per heavy atom. The van der Waals surface area contributed by atoms with Crippen molar-refractivity contribution in [3.05, 3.63) is 0 Å². The van der Waals surface area contributed by atoms with Gasteiger partial charge in [-0.3, -0.25) is 0 Å². The summed E-state index contributed by atoms with van der Waals surface area (Å²) in [5.74, 6) is 2.83. The molecule has 0 saturated carbocycles. The van der Waals surface area contributed by atoms with Crippen molar-refractivity contribution in [1.29, 1.82) is 0 Å². The molecule has 0 aromatic rings. The number of rotatable bonds is 0. The zero-order chi connectivity index (χ0) is 10.6. The molecule has 0 bridgehead atoms. The summed E-state index contributed by atoms with van der Waals surface area (Å²) < 4.78 is 9.89. The molecular formula is C12H24O2S. The lowest BCUT2D eigenvalue weighted by molar-refractivity contribution is 0.198. The van der Waals surface area contributed by atoms with Gasteiger partial charge in [0.05, 0.1) is 0 Å². The third-order valence-corrected chi connectivity index (χ3v) is 3.64. The number of thioether (sulfide) groups is 1. The van der Waals surface area contributed by atoms with E-state index >= 15 is 0 Å². The van der Waals surface area contributed by atoms with Gasteiger partial charge in [-0.15, -0.1) is 0 Å². The second-order valence-corrected chi connectivity index (χ2v) is 5.18. The van der Waals surface area contributed by atoms with Gasteiger partial charge in [0.2, 0.25) is 0 Å². The van der Waals surface area contributed by atoms with E-state index in [1.165, 1.54) is 50.0 Å². The van der Waals surface area contributed by atoms with Crippen LogP contribution in [0.25, 0.3) is 0 Å². The minimum absolute atomic E-state index is 1.00. The molecule has 3 heterocycles. The zero-order valence-electron chi connectivity index (χ0n) is 9.71. The molecule has 0 N–H and O–H groups in total. The van der Waals surface area contributed by atoms with Crippen molar-refractivity contribution < 1.29 is 9.47 Å². The molecule has 3 saturated heterocycles. The minimum Gasteiger partial charge on any atom is -0.381 e. The molecule has 0 spiro atoms. The van der Waals surface area contributed by atoms with Crippen LogP contribution >= 0.6 is 11.8 Å². The molecule has 90 valence electrons. The summed E-state index contributed by atoms with van der Waals surface area (Å²) >= 11 is 2.07. The molecule has 0 aliphatic carbocycles. The van der Waals surface area contributed by atoms with E-state index in [1.807, 2.05) is 0 Å². The van der Waals surface area contributed by atoms with Gasteiger partial charge in [-0.1, -0.05) is 0 Å². The molecule has 3 heteroatoms. The summed E-state index contributed by atoms with van der Waals surface area (Å²) in [6.07, 6.45) is 8.04. The quantitative estimate of drug-likeness (QED) is 0.639. The van der Waals surface area contributed by atoms with E-state index in [0.717, 1.165) is 26.4 Å². The predicted molar refractivity (Wildman–Crippen MR) is 66.7 cm³/mol. The van der Waals surface area contributed by atoms with E-state index in [-0.39, 0.29) is 0 Å². The topological polar surface area (TPSA) is 18.5 Å². The lowest BCUT2D eigenvalue weighted by Crippen LogP contribution is -1.74. The lowest BCUT2D eigenvalue weighted by Gasteiger charge is -1.76. The highest BCUT2D eigenvalue weighted by Crippen LogP contribution is 2.14. The van der Waals surface area contributed by atoms with E-state index in [4.69, 9.17) is 9.47 Å². The molecule has 3 rings (SSSR count). The van der Waals surface area contributed by atoms with Gasteiger partial charge in [0, 0.05) is 26.4 Å². The molecule has 2 nitrogen and oxygen atoms in total. The maximum Gasteiger partial charge on any atom is 0.0466 e. The Morgan fingerprint density at radius 1 is 0.533 bits per heavy atom. The summed E-state index contributed by atoms with van der Waals surface area (Å²) in [5, 5.41) is 0. The van der Waals surface area contributed by atoms with E-state index < -0.39 is 0 Å². The summed E-state index contributed by atoms with van der Waals surface area (Å²) in [5.41, 5.74) is 0. The average molecular weight is 232 g/mol. The van der Waals surface area contributed by atoms with Crippen molar-refractivity contribution in [2.24, 2.45) is 0 Å². The van der Waals surface area contributed by atoms with E-state index in [9.17, 15) is 0 Å². The van der Waals surface area contributed by atoms with Crippen LogP contribution in [0.5, 0.6) is 0 Å². The first-order valence-electron chi connectivity index (χ1n) is 6.23. The molecule has 0 aromatic carbocycles. The van der Waals surface area contributed by atoms with Crippen LogP contribution in [0.15, 0.2) is 0 Å². The van der Waals surface area contributed by atoms with Crippen LogP contribution in [0.3, 0.4) is 0 Å². The molecule has 0 aromatic heterocycles. The van der Waals surface area contributed by atoms with E-state index in [1.54, 1.807) is 0 Å². The first kappa shape index (κ1) is 13.3. The summed E-state index contributed by atoms with van der Waals surface area (Å²) in [4.78, 5) is 0. The highest BCUT2D eigenvalue weighted by atomic mass is 32.2. The Bertz CT molecular complexity index is 72.2. The number of hydrogen-bond acceptors (Lipinski definition) is 3. The van der Waals surface area contributed by atoms with Crippen LogP contribution in [0.4, 0.5) is 0 Å². The molecule has 0 radical (unpaired) electrons. The lowest BCUT2D eigenvalue weighted by atomic mass is 10.4. The van der Waals surface area contributed by atoms with Crippen molar-refractivity contribution in [2.45, 2.75) is 38.5 Å². The van der Waals surface area contributed by atoms with Gasteiger partial charge in [-0.05, 0) is 50.0 Å². The molecule has 0 amide bonds. The van der Waals surface area contributed by atoms with E-state index in [0.29, 0.717) is 0 Å². The van der Waals surface area contributed by atoms with Gasteiger partial charge in [-0.25, -0.2) is 0 Å². The summed E-state index contributed by atoms with van der Waals surface area (Å²) in [6, 6.07) is 0. The van der Waals surface area contributed by atoms with Gasteiger partial charge >= 0.3 is 0 Å². The Balaban J connectivity index is 0.000000112. The Morgan fingerprint density at radius 2 is 0.933 bits per heavy atom. The van der Waals surface area contributed by atoms with E-state index in [2.05, 4.69) is 11.8 Å². The summed E-state index contributed by atoms with van der Waals surface area (Å²) in [6.45, 7) is 4.00. The average Bonchev–Trinajstić information content (AvgIpc) is 3.09. The van der Waals surface area contributed by atoms with Crippen molar-refractivity contribution in [1.82, 2.24) is 0 Å². The Labute approximate surface area is 98.1 Å². The highest BCUT2D eigenvalue weighted by molar-refractivity contribution is 7.99. The fourth-order valence-electron chi connectivity index (χ4n) is 1.53. The SMILES string of the molecule is C1CCOC1.C1CCOC1.C1CCSC1. The largest absolute Gasteiger partial charge is 0.381 e. The zero-order valence-corrected chi connectivity index (χ0v) is 10.5. The van der Waals surface area contributed by atoms with Crippen LogP contribution in [-0.4, -0.2) is 37.9 Å². The maximum absolute atomic E-state index is 4.94. The Kier molecular flexibility index (Phi) is 9.58. The molecule has 3 aliphatic rings. The van der Waals surface area contributed by atoms with Gasteiger partial charge in [-0.2, -0.15) is 11.8 Å². The van der Waals surface area contributed by atoms with Crippen molar-refractivity contribution >= 4 is 11.8 Å². The minimum atomic E-state index is 1.00. The standard InChI is InChI=1S/2C4H8O.C4H8S/c3*1-2-4-5-3-1/h3*1-4H2. The van der Waals surface area contributed by atoms with Crippen LogP contribution in [-0.2, 0) is 9.47 Å². The predicted octanol–water partition coefficient (Wildman–Crippen LogP) is 3.11. The smallest absolute Gasteiger partial charge is 0.0466 e. The third-order valence-electron chi connectivity index (χ3n) is 2.48.